The van der Waals surface area contributed by atoms with Crippen LogP contribution in [0.25, 0.3) is 0 Å². The first-order valence-electron chi connectivity index (χ1n) is 7.50. The SMILES string of the molecule is CC(C)(C)c1ccc(C(=O)N2CCOCC2CC(=O)O)cc1. The zero-order valence-electron chi connectivity index (χ0n) is 13.3. The Labute approximate surface area is 130 Å². The molecule has 0 aromatic heterocycles. The Kier molecular flexibility index (Phi) is 4.86. The van der Waals surface area contributed by atoms with Crippen molar-refractivity contribution < 1.29 is 19.4 Å². The van der Waals surface area contributed by atoms with Crippen LogP contribution in [-0.2, 0) is 14.9 Å². The summed E-state index contributed by atoms with van der Waals surface area (Å²) >= 11 is 0. The van der Waals surface area contributed by atoms with Crippen LogP contribution >= 0.6 is 0 Å². The third-order valence-electron chi connectivity index (χ3n) is 3.90. The first-order valence-corrected chi connectivity index (χ1v) is 7.50. The third kappa shape index (κ3) is 3.85. The fraction of sp³-hybridized carbons (Fsp3) is 0.529. The molecule has 0 radical (unpaired) electrons. The van der Waals surface area contributed by atoms with E-state index in [1.807, 2.05) is 24.3 Å². The van der Waals surface area contributed by atoms with Crippen molar-refractivity contribution in [1.82, 2.24) is 4.90 Å². The summed E-state index contributed by atoms with van der Waals surface area (Å²) in [5, 5.41) is 8.97. The van der Waals surface area contributed by atoms with Gasteiger partial charge in [0.25, 0.3) is 5.91 Å². The van der Waals surface area contributed by atoms with Gasteiger partial charge >= 0.3 is 5.97 Å². The highest BCUT2D eigenvalue weighted by Crippen LogP contribution is 2.23. The molecule has 0 aliphatic carbocycles. The predicted octanol–water partition coefficient (Wildman–Crippen LogP) is 2.30. The monoisotopic (exact) mass is 305 g/mol. The standard InChI is InChI=1S/C17H23NO4/c1-17(2,3)13-6-4-12(5-7-13)16(21)18-8-9-22-11-14(18)10-15(19)20/h4-7,14H,8-11H2,1-3H3,(H,19,20). The quantitative estimate of drug-likeness (QED) is 0.930. The molecule has 1 aliphatic heterocycles. The first kappa shape index (κ1) is 16.5. The van der Waals surface area contributed by atoms with Crippen molar-refractivity contribution in [2.45, 2.75) is 38.6 Å². The lowest BCUT2D eigenvalue weighted by atomic mass is 9.86. The summed E-state index contributed by atoms with van der Waals surface area (Å²) in [7, 11) is 0. The molecule has 1 aliphatic rings. The summed E-state index contributed by atoms with van der Waals surface area (Å²) in [5.74, 6) is -1.05. The molecule has 0 saturated carbocycles. The lowest BCUT2D eigenvalue weighted by Crippen LogP contribution is -2.49. The number of ether oxygens (including phenoxy) is 1. The minimum Gasteiger partial charge on any atom is -0.481 e. The number of rotatable bonds is 3. The Morgan fingerprint density at radius 2 is 1.91 bits per heavy atom. The second-order valence-electron chi connectivity index (χ2n) is 6.65. The van der Waals surface area contributed by atoms with E-state index in [0.717, 1.165) is 5.56 Å². The van der Waals surface area contributed by atoms with Crippen LogP contribution in [0.1, 0.15) is 43.1 Å². The topological polar surface area (TPSA) is 66.8 Å². The Morgan fingerprint density at radius 1 is 1.27 bits per heavy atom. The van der Waals surface area contributed by atoms with Crippen molar-refractivity contribution >= 4 is 11.9 Å². The number of carboxylic acid groups (broad SMARTS) is 1. The lowest BCUT2D eigenvalue weighted by Gasteiger charge is -2.35. The van der Waals surface area contributed by atoms with E-state index in [9.17, 15) is 9.59 Å². The van der Waals surface area contributed by atoms with Crippen LogP contribution < -0.4 is 0 Å². The Morgan fingerprint density at radius 3 is 2.45 bits per heavy atom. The van der Waals surface area contributed by atoms with Crippen LogP contribution in [0.15, 0.2) is 24.3 Å². The molecule has 1 saturated heterocycles. The van der Waals surface area contributed by atoms with Gasteiger partial charge in [-0.2, -0.15) is 0 Å². The van der Waals surface area contributed by atoms with Crippen molar-refractivity contribution in [3.8, 4) is 0 Å². The minimum absolute atomic E-state index is 0.0341. The van der Waals surface area contributed by atoms with Gasteiger partial charge in [0, 0.05) is 12.1 Å². The molecule has 0 bridgehead atoms. The number of aliphatic carboxylic acids is 1. The smallest absolute Gasteiger partial charge is 0.305 e. The van der Waals surface area contributed by atoms with Crippen LogP contribution in [0.5, 0.6) is 0 Å². The van der Waals surface area contributed by atoms with Crippen LogP contribution in [-0.4, -0.2) is 47.7 Å². The fourth-order valence-corrected chi connectivity index (χ4v) is 2.57. The normalized spacial score (nSPS) is 19.0. The van der Waals surface area contributed by atoms with Gasteiger partial charge in [0.1, 0.15) is 0 Å². The summed E-state index contributed by atoms with van der Waals surface area (Å²) in [6.07, 6.45) is -0.0915. The van der Waals surface area contributed by atoms with Crippen LogP contribution in [0.2, 0.25) is 0 Å². The molecule has 5 heteroatoms. The van der Waals surface area contributed by atoms with E-state index in [-0.39, 0.29) is 24.3 Å². The number of carbonyl (C=O) groups excluding carboxylic acids is 1. The van der Waals surface area contributed by atoms with Crippen molar-refractivity contribution in [2.75, 3.05) is 19.8 Å². The van der Waals surface area contributed by atoms with E-state index in [2.05, 4.69) is 20.8 Å². The second kappa shape index (κ2) is 6.48. The van der Waals surface area contributed by atoms with Crippen LogP contribution in [0.3, 0.4) is 0 Å². The highest BCUT2D eigenvalue weighted by atomic mass is 16.5. The molecule has 2 rings (SSSR count). The Hall–Kier alpha value is -1.88. The number of carboxylic acids is 1. The molecular formula is C17H23NO4. The van der Waals surface area contributed by atoms with Gasteiger partial charge in [0.2, 0.25) is 0 Å². The van der Waals surface area contributed by atoms with Crippen molar-refractivity contribution in [2.24, 2.45) is 0 Å². The molecule has 1 atom stereocenters. The zero-order chi connectivity index (χ0) is 16.3. The maximum Gasteiger partial charge on any atom is 0.305 e. The maximum absolute atomic E-state index is 12.6. The van der Waals surface area contributed by atoms with E-state index < -0.39 is 12.0 Å². The molecular weight excluding hydrogens is 282 g/mol. The Balaban J connectivity index is 2.16. The van der Waals surface area contributed by atoms with E-state index in [0.29, 0.717) is 18.7 Å². The molecule has 1 N–H and O–H groups in total. The number of morpholine rings is 1. The van der Waals surface area contributed by atoms with Gasteiger partial charge in [-0.05, 0) is 23.1 Å². The number of carbonyl (C=O) groups is 2. The highest BCUT2D eigenvalue weighted by Gasteiger charge is 2.29. The van der Waals surface area contributed by atoms with Crippen LogP contribution in [0.4, 0.5) is 0 Å². The Bertz CT molecular complexity index is 545. The average Bonchev–Trinajstić information content (AvgIpc) is 2.46. The molecule has 1 unspecified atom stereocenters. The van der Waals surface area contributed by atoms with E-state index >= 15 is 0 Å². The van der Waals surface area contributed by atoms with Gasteiger partial charge in [-0.1, -0.05) is 32.9 Å². The second-order valence-corrected chi connectivity index (χ2v) is 6.65. The predicted molar refractivity (Wildman–Crippen MR) is 83.0 cm³/mol. The van der Waals surface area contributed by atoms with Crippen LogP contribution in [0, 0.1) is 0 Å². The minimum atomic E-state index is -0.920. The van der Waals surface area contributed by atoms with E-state index in [4.69, 9.17) is 9.84 Å². The molecule has 22 heavy (non-hydrogen) atoms. The number of hydrogen-bond donors (Lipinski definition) is 1. The van der Waals surface area contributed by atoms with Crippen molar-refractivity contribution in [3.63, 3.8) is 0 Å². The van der Waals surface area contributed by atoms with Gasteiger partial charge in [-0.25, -0.2) is 0 Å². The molecule has 120 valence electrons. The van der Waals surface area contributed by atoms with Gasteiger partial charge in [-0.15, -0.1) is 0 Å². The number of hydrogen-bond acceptors (Lipinski definition) is 3. The molecule has 0 spiro atoms. The average molecular weight is 305 g/mol. The van der Waals surface area contributed by atoms with Gasteiger partial charge in [0.05, 0.1) is 25.7 Å². The summed E-state index contributed by atoms with van der Waals surface area (Å²) in [4.78, 5) is 25.2. The number of nitrogens with zero attached hydrogens (tertiary/aromatic N) is 1. The highest BCUT2D eigenvalue weighted by molar-refractivity contribution is 5.94. The summed E-state index contributed by atoms with van der Waals surface area (Å²) < 4.78 is 5.31. The molecule has 5 nitrogen and oxygen atoms in total. The van der Waals surface area contributed by atoms with Crippen molar-refractivity contribution in [3.05, 3.63) is 35.4 Å². The lowest BCUT2D eigenvalue weighted by molar-refractivity contribution is -0.139. The molecule has 1 heterocycles. The van der Waals surface area contributed by atoms with Gasteiger partial charge in [-0.3, -0.25) is 9.59 Å². The maximum atomic E-state index is 12.6. The number of benzene rings is 1. The van der Waals surface area contributed by atoms with Crippen molar-refractivity contribution in [1.29, 1.82) is 0 Å². The molecule has 1 amide bonds. The van der Waals surface area contributed by atoms with Gasteiger partial charge in [0.15, 0.2) is 0 Å². The molecule has 1 aromatic rings. The zero-order valence-corrected chi connectivity index (χ0v) is 13.3. The van der Waals surface area contributed by atoms with Gasteiger partial charge < -0.3 is 14.7 Å². The van der Waals surface area contributed by atoms with E-state index in [1.165, 1.54) is 0 Å². The largest absolute Gasteiger partial charge is 0.481 e. The summed E-state index contributed by atoms with van der Waals surface area (Å²) in [6.45, 7) is 7.51. The molecule has 1 fully saturated rings. The van der Waals surface area contributed by atoms with E-state index in [1.54, 1.807) is 4.90 Å². The first-order chi connectivity index (χ1) is 10.3. The molecule has 1 aromatic carbocycles. The summed E-state index contributed by atoms with van der Waals surface area (Å²) in [5.41, 5.74) is 1.78. The fourth-order valence-electron chi connectivity index (χ4n) is 2.57. The number of amides is 1. The summed E-state index contributed by atoms with van der Waals surface area (Å²) in [6, 6.07) is 7.15. The third-order valence-corrected chi connectivity index (χ3v) is 3.90.